The Balaban J connectivity index is 1.88. The highest BCUT2D eigenvalue weighted by molar-refractivity contribution is 6.43. The number of anilines is 3. The zero-order chi connectivity index (χ0) is 18.4. The number of halogens is 2. The fraction of sp³-hybridized carbons (Fsp3) is 0.222. The van der Waals surface area contributed by atoms with Gasteiger partial charge in [0.25, 0.3) is 0 Å². The van der Waals surface area contributed by atoms with Gasteiger partial charge in [0.1, 0.15) is 0 Å². The van der Waals surface area contributed by atoms with Crippen LogP contribution in [0.1, 0.15) is 13.8 Å². The molecule has 2 amide bonds. The molecule has 5 nitrogen and oxygen atoms in total. The molecule has 0 saturated carbocycles. The molecule has 0 spiro atoms. The van der Waals surface area contributed by atoms with Crippen LogP contribution in [0.5, 0.6) is 0 Å². The lowest BCUT2D eigenvalue weighted by Crippen LogP contribution is -2.22. The SMILES string of the molecule is CC(C)C(=O)Nc1ccc(NC(=O)CNc2cccc(Cl)c2Cl)cc1. The highest BCUT2D eigenvalue weighted by atomic mass is 35.5. The predicted octanol–water partition coefficient (Wildman–Crippen LogP) is 4.64. The van der Waals surface area contributed by atoms with E-state index in [0.29, 0.717) is 27.1 Å². The summed E-state index contributed by atoms with van der Waals surface area (Å²) in [5, 5.41) is 9.29. The molecule has 25 heavy (non-hydrogen) atoms. The van der Waals surface area contributed by atoms with Gasteiger partial charge in [-0.15, -0.1) is 0 Å². The minimum Gasteiger partial charge on any atom is -0.375 e. The van der Waals surface area contributed by atoms with E-state index in [-0.39, 0.29) is 24.3 Å². The summed E-state index contributed by atoms with van der Waals surface area (Å²) >= 11 is 12.0. The van der Waals surface area contributed by atoms with Gasteiger partial charge < -0.3 is 16.0 Å². The van der Waals surface area contributed by atoms with Crippen LogP contribution in [0.3, 0.4) is 0 Å². The first kappa shape index (κ1) is 19.1. The van der Waals surface area contributed by atoms with Gasteiger partial charge in [0.15, 0.2) is 0 Å². The van der Waals surface area contributed by atoms with Crippen molar-refractivity contribution in [2.45, 2.75) is 13.8 Å². The van der Waals surface area contributed by atoms with Gasteiger partial charge >= 0.3 is 0 Å². The van der Waals surface area contributed by atoms with Gasteiger partial charge in [-0.25, -0.2) is 0 Å². The third-order valence-corrected chi connectivity index (χ3v) is 4.17. The zero-order valence-electron chi connectivity index (χ0n) is 13.9. The van der Waals surface area contributed by atoms with Gasteiger partial charge in [0, 0.05) is 17.3 Å². The van der Waals surface area contributed by atoms with Crippen molar-refractivity contribution in [1.29, 1.82) is 0 Å². The molecular weight excluding hydrogens is 361 g/mol. The molecule has 0 bridgehead atoms. The maximum absolute atomic E-state index is 12.0. The van der Waals surface area contributed by atoms with Crippen LogP contribution in [0.25, 0.3) is 0 Å². The van der Waals surface area contributed by atoms with Crippen molar-refractivity contribution in [2.24, 2.45) is 5.92 Å². The Labute approximate surface area is 156 Å². The van der Waals surface area contributed by atoms with Crippen LogP contribution >= 0.6 is 23.2 Å². The Hall–Kier alpha value is -2.24. The number of rotatable bonds is 6. The maximum Gasteiger partial charge on any atom is 0.243 e. The van der Waals surface area contributed by atoms with E-state index in [1.165, 1.54) is 0 Å². The third kappa shape index (κ3) is 5.66. The van der Waals surface area contributed by atoms with Crippen LogP contribution in [0.4, 0.5) is 17.1 Å². The summed E-state index contributed by atoms with van der Waals surface area (Å²) in [6.45, 7) is 3.69. The second-order valence-corrected chi connectivity index (χ2v) is 6.51. The second-order valence-electron chi connectivity index (χ2n) is 5.72. The van der Waals surface area contributed by atoms with E-state index in [1.807, 2.05) is 13.8 Å². The number of carbonyl (C=O) groups excluding carboxylic acids is 2. The van der Waals surface area contributed by atoms with E-state index in [1.54, 1.807) is 42.5 Å². The number of nitrogens with one attached hydrogen (secondary N) is 3. The number of carbonyl (C=O) groups is 2. The van der Waals surface area contributed by atoms with Crippen molar-refractivity contribution in [3.63, 3.8) is 0 Å². The second kappa shape index (κ2) is 8.74. The van der Waals surface area contributed by atoms with E-state index in [2.05, 4.69) is 16.0 Å². The number of hydrogen-bond acceptors (Lipinski definition) is 3. The number of benzene rings is 2. The molecule has 0 atom stereocenters. The van der Waals surface area contributed by atoms with Gasteiger partial charge in [0.2, 0.25) is 11.8 Å². The number of hydrogen-bond donors (Lipinski definition) is 3. The highest BCUT2D eigenvalue weighted by Gasteiger charge is 2.08. The maximum atomic E-state index is 12.0. The van der Waals surface area contributed by atoms with Crippen molar-refractivity contribution in [3.05, 3.63) is 52.5 Å². The Morgan fingerprint density at radius 2 is 1.56 bits per heavy atom. The fourth-order valence-corrected chi connectivity index (χ4v) is 2.31. The van der Waals surface area contributed by atoms with E-state index in [9.17, 15) is 9.59 Å². The Kier molecular flexibility index (Phi) is 6.67. The first-order chi connectivity index (χ1) is 11.9. The highest BCUT2D eigenvalue weighted by Crippen LogP contribution is 2.29. The minimum absolute atomic E-state index is 0.0475. The fourth-order valence-electron chi connectivity index (χ4n) is 1.94. The summed E-state index contributed by atoms with van der Waals surface area (Å²) in [4.78, 5) is 23.7. The minimum atomic E-state index is -0.227. The van der Waals surface area contributed by atoms with Gasteiger partial charge in [-0.1, -0.05) is 43.1 Å². The smallest absolute Gasteiger partial charge is 0.243 e. The lowest BCUT2D eigenvalue weighted by molar-refractivity contribution is -0.119. The molecule has 132 valence electrons. The summed E-state index contributed by atoms with van der Waals surface area (Å²) in [5.41, 5.74) is 1.91. The van der Waals surface area contributed by atoms with E-state index in [0.717, 1.165) is 0 Å². The summed E-state index contributed by atoms with van der Waals surface area (Å²) in [7, 11) is 0. The first-order valence-corrected chi connectivity index (χ1v) is 8.51. The van der Waals surface area contributed by atoms with Gasteiger partial charge in [0.05, 0.1) is 22.3 Å². The Morgan fingerprint density at radius 3 is 2.16 bits per heavy atom. The molecule has 2 aromatic carbocycles. The standard InChI is InChI=1S/C18H19Cl2N3O2/c1-11(2)18(25)23-13-8-6-12(7-9-13)22-16(24)10-21-15-5-3-4-14(19)17(15)20/h3-9,11,21H,10H2,1-2H3,(H,22,24)(H,23,25). The molecule has 0 aliphatic carbocycles. The lowest BCUT2D eigenvalue weighted by Gasteiger charge is -2.11. The molecule has 0 aromatic heterocycles. The summed E-state index contributed by atoms with van der Waals surface area (Å²) in [5.74, 6) is -0.377. The molecular formula is C18H19Cl2N3O2. The topological polar surface area (TPSA) is 70.2 Å². The van der Waals surface area contributed by atoms with Crippen LogP contribution < -0.4 is 16.0 Å². The zero-order valence-corrected chi connectivity index (χ0v) is 15.4. The summed E-state index contributed by atoms with van der Waals surface area (Å²) in [6, 6.07) is 12.1. The summed E-state index contributed by atoms with van der Waals surface area (Å²) in [6.07, 6.45) is 0. The van der Waals surface area contributed by atoms with Gasteiger partial charge in [-0.05, 0) is 36.4 Å². The molecule has 7 heteroatoms. The number of amides is 2. The average Bonchev–Trinajstić information content (AvgIpc) is 2.58. The molecule has 0 saturated heterocycles. The normalized spacial score (nSPS) is 10.4. The molecule has 0 aliphatic heterocycles. The molecule has 3 N–H and O–H groups in total. The van der Waals surface area contributed by atoms with E-state index < -0.39 is 0 Å². The lowest BCUT2D eigenvalue weighted by atomic mass is 10.2. The first-order valence-electron chi connectivity index (χ1n) is 7.75. The van der Waals surface area contributed by atoms with Gasteiger partial charge in [-0.3, -0.25) is 9.59 Å². The molecule has 0 fully saturated rings. The monoisotopic (exact) mass is 379 g/mol. The van der Waals surface area contributed by atoms with E-state index >= 15 is 0 Å². The van der Waals surface area contributed by atoms with Crippen LogP contribution in [0.2, 0.25) is 10.0 Å². The van der Waals surface area contributed by atoms with Gasteiger partial charge in [-0.2, -0.15) is 0 Å². The molecule has 2 aromatic rings. The van der Waals surface area contributed by atoms with Crippen molar-refractivity contribution >= 4 is 52.1 Å². The van der Waals surface area contributed by atoms with Crippen LogP contribution in [-0.2, 0) is 9.59 Å². The van der Waals surface area contributed by atoms with Crippen LogP contribution in [0.15, 0.2) is 42.5 Å². The molecule has 0 heterocycles. The van der Waals surface area contributed by atoms with Crippen molar-refractivity contribution in [2.75, 3.05) is 22.5 Å². The Morgan fingerprint density at radius 1 is 0.960 bits per heavy atom. The largest absolute Gasteiger partial charge is 0.375 e. The van der Waals surface area contributed by atoms with Crippen molar-refractivity contribution in [3.8, 4) is 0 Å². The summed E-state index contributed by atoms with van der Waals surface area (Å²) < 4.78 is 0. The van der Waals surface area contributed by atoms with Crippen molar-refractivity contribution < 1.29 is 9.59 Å². The van der Waals surface area contributed by atoms with Crippen LogP contribution in [0, 0.1) is 5.92 Å². The average molecular weight is 380 g/mol. The Bertz CT molecular complexity index is 761. The molecule has 0 radical (unpaired) electrons. The predicted molar refractivity (Wildman–Crippen MR) is 103 cm³/mol. The quantitative estimate of drug-likeness (QED) is 0.684. The molecule has 0 aliphatic rings. The molecule has 2 rings (SSSR count). The van der Waals surface area contributed by atoms with Crippen LogP contribution in [-0.4, -0.2) is 18.4 Å². The third-order valence-electron chi connectivity index (χ3n) is 3.35. The van der Waals surface area contributed by atoms with E-state index in [4.69, 9.17) is 23.2 Å². The van der Waals surface area contributed by atoms with Crippen molar-refractivity contribution in [1.82, 2.24) is 0 Å². The molecule has 0 unspecified atom stereocenters.